The number of hydrogen-bond donors (Lipinski definition) is 0. The van der Waals surface area contributed by atoms with Crippen molar-refractivity contribution in [1.82, 2.24) is 4.57 Å². The van der Waals surface area contributed by atoms with Gasteiger partial charge in [-0.1, -0.05) is 43.4 Å². The molecule has 0 radical (unpaired) electrons. The number of nitrogens with zero attached hydrogens (tertiary/aromatic N) is 2. The predicted octanol–water partition coefficient (Wildman–Crippen LogP) is 4.16. The smallest absolute Gasteiger partial charge is 0.251 e. The molecule has 156 valence electrons. The fourth-order valence-electron chi connectivity index (χ4n) is 3.99. The zero-order valence-corrected chi connectivity index (χ0v) is 18.7. The predicted molar refractivity (Wildman–Crippen MR) is 117 cm³/mol. The van der Waals surface area contributed by atoms with E-state index in [2.05, 4.69) is 17.8 Å². The third-order valence-corrected chi connectivity index (χ3v) is 7.85. The maximum absolute atomic E-state index is 12.8. The highest BCUT2D eigenvalue weighted by atomic mass is 32.2. The molecule has 5 nitrogen and oxygen atoms in total. The second kappa shape index (κ2) is 9.27. The van der Waals surface area contributed by atoms with Gasteiger partial charge in [-0.2, -0.15) is 4.99 Å². The average molecular weight is 433 g/mol. The molecule has 3 rings (SSSR count). The van der Waals surface area contributed by atoms with Crippen molar-refractivity contribution in [2.75, 3.05) is 6.26 Å². The van der Waals surface area contributed by atoms with Gasteiger partial charge in [-0.25, -0.2) is 8.42 Å². The number of benzene rings is 1. The van der Waals surface area contributed by atoms with Crippen LogP contribution >= 0.6 is 11.3 Å². The van der Waals surface area contributed by atoms with Gasteiger partial charge in [0.1, 0.15) is 0 Å². The molecule has 1 heterocycles. The number of rotatable bonds is 6. The van der Waals surface area contributed by atoms with Crippen molar-refractivity contribution in [2.24, 2.45) is 16.8 Å². The summed E-state index contributed by atoms with van der Waals surface area (Å²) in [6, 6.07) is 4.94. The third-order valence-electron chi connectivity index (χ3n) is 5.70. The number of carbonyl (C=O) groups is 1. The molecule has 1 amide bonds. The van der Waals surface area contributed by atoms with Crippen molar-refractivity contribution < 1.29 is 13.2 Å². The highest BCUT2D eigenvalue weighted by molar-refractivity contribution is 7.90. The summed E-state index contributed by atoms with van der Waals surface area (Å²) in [5.41, 5.74) is 0.801. The van der Waals surface area contributed by atoms with E-state index in [9.17, 15) is 13.2 Å². The summed E-state index contributed by atoms with van der Waals surface area (Å²) in [4.78, 5) is 18.0. The highest BCUT2D eigenvalue weighted by Gasteiger charge is 2.26. The Hall–Kier alpha value is -1.91. The minimum absolute atomic E-state index is 0.0241. The van der Waals surface area contributed by atoms with Crippen LogP contribution in [0.4, 0.5) is 0 Å². The van der Waals surface area contributed by atoms with Crippen LogP contribution in [0.3, 0.4) is 0 Å². The van der Waals surface area contributed by atoms with E-state index in [4.69, 9.17) is 6.42 Å². The Morgan fingerprint density at radius 2 is 2.03 bits per heavy atom. The first-order valence-corrected chi connectivity index (χ1v) is 12.9. The van der Waals surface area contributed by atoms with Gasteiger partial charge >= 0.3 is 0 Å². The lowest BCUT2D eigenvalue weighted by Gasteiger charge is -2.26. The number of thiazole rings is 1. The van der Waals surface area contributed by atoms with Crippen molar-refractivity contribution >= 4 is 37.3 Å². The SMILES string of the molecule is C#CCn1c(=NC(=O)C2CCC(CCCC)CC2)sc2cc(S(C)(=O)=O)ccc21. The Morgan fingerprint density at radius 1 is 1.31 bits per heavy atom. The lowest BCUT2D eigenvalue weighted by Crippen LogP contribution is -2.24. The molecule has 0 atom stereocenters. The topological polar surface area (TPSA) is 68.5 Å². The van der Waals surface area contributed by atoms with Crippen molar-refractivity contribution in [2.45, 2.75) is 63.3 Å². The van der Waals surface area contributed by atoms with Crippen LogP contribution in [0.25, 0.3) is 10.2 Å². The van der Waals surface area contributed by atoms with Gasteiger partial charge in [-0.15, -0.1) is 6.42 Å². The zero-order valence-electron chi connectivity index (χ0n) is 17.1. The highest BCUT2D eigenvalue weighted by Crippen LogP contribution is 2.32. The van der Waals surface area contributed by atoms with Crippen molar-refractivity contribution in [3.05, 3.63) is 23.0 Å². The van der Waals surface area contributed by atoms with E-state index in [1.807, 2.05) is 4.57 Å². The van der Waals surface area contributed by atoms with Crippen molar-refractivity contribution in [1.29, 1.82) is 0 Å². The molecular weight excluding hydrogens is 404 g/mol. The van der Waals surface area contributed by atoms with Gasteiger partial charge in [0.05, 0.1) is 21.7 Å². The molecule has 29 heavy (non-hydrogen) atoms. The largest absolute Gasteiger partial charge is 0.305 e. The van der Waals surface area contributed by atoms with Crippen LogP contribution in [0.1, 0.15) is 51.9 Å². The molecule has 1 fully saturated rings. The monoisotopic (exact) mass is 432 g/mol. The molecule has 0 bridgehead atoms. The van der Waals surface area contributed by atoms with Crippen LogP contribution in [0.5, 0.6) is 0 Å². The molecular formula is C22H28N2O3S2. The molecule has 0 aliphatic heterocycles. The fourth-order valence-corrected chi connectivity index (χ4v) is 5.79. The van der Waals surface area contributed by atoms with E-state index < -0.39 is 9.84 Å². The standard InChI is InChI=1S/C22H28N2O3S2/c1-4-6-7-16-8-10-17(11-9-16)21(25)23-22-24(14-5-2)19-13-12-18(29(3,26)27)15-20(19)28-22/h2,12-13,15-17H,4,6-11,14H2,1,3H3. The molecule has 7 heteroatoms. The van der Waals surface area contributed by atoms with Crippen LogP contribution in [0.2, 0.25) is 0 Å². The normalized spacial score (nSPS) is 20.7. The van der Waals surface area contributed by atoms with Crippen LogP contribution < -0.4 is 4.80 Å². The van der Waals surface area contributed by atoms with Crippen LogP contribution in [-0.4, -0.2) is 25.1 Å². The van der Waals surface area contributed by atoms with Gasteiger partial charge in [-0.05, 0) is 49.8 Å². The molecule has 0 spiro atoms. The molecule has 1 aliphatic rings. The van der Waals surface area contributed by atoms with Crippen LogP contribution in [-0.2, 0) is 21.2 Å². The lowest BCUT2D eigenvalue weighted by molar-refractivity contribution is -0.123. The van der Waals surface area contributed by atoms with Crippen molar-refractivity contribution in [3.63, 3.8) is 0 Å². The number of amides is 1. The molecule has 1 aliphatic carbocycles. The summed E-state index contributed by atoms with van der Waals surface area (Å²) in [6.45, 7) is 2.50. The van der Waals surface area contributed by atoms with Gasteiger partial charge in [0.2, 0.25) is 0 Å². The summed E-state index contributed by atoms with van der Waals surface area (Å²) in [7, 11) is -3.30. The summed E-state index contributed by atoms with van der Waals surface area (Å²) in [5, 5.41) is 0. The lowest BCUT2D eigenvalue weighted by atomic mass is 9.79. The second-order valence-corrected chi connectivity index (χ2v) is 10.9. The molecule has 1 aromatic heterocycles. The Morgan fingerprint density at radius 3 is 2.66 bits per heavy atom. The summed E-state index contributed by atoms with van der Waals surface area (Å²) < 4.78 is 26.3. The second-order valence-electron chi connectivity index (χ2n) is 7.89. The number of carbonyl (C=O) groups excluding carboxylic acids is 1. The third kappa shape index (κ3) is 5.18. The van der Waals surface area contributed by atoms with Crippen molar-refractivity contribution in [3.8, 4) is 12.3 Å². The molecule has 0 N–H and O–H groups in total. The summed E-state index contributed by atoms with van der Waals surface area (Å²) in [5.74, 6) is 3.24. The zero-order chi connectivity index (χ0) is 21.0. The Labute approximate surface area is 176 Å². The molecule has 1 saturated carbocycles. The Balaban J connectivity index is 1.88. The number of aromatic nitrogens is 1. The first-order chi connectivity index (χ1) is 13.8. The first kappa shape index (κ1) is 21.8. The number of terminal acetylenes is 1. The van der Waals surface area contributed by atoms with Crippen LogP contribution in [0, 0.1) is 24.2 Å². The molecule has 0 unspecified atom stereocenters. The first-order valence-electron chi connectivity index (χ1n) is 10.2. The molecule has 0 saturated heterocycles. The number of fused-ring (bicyclic) bond motifs is 1. The maximum atomic E-state index is 12.8. The van der Waals surface area contributed by atoms with E-state index >= 15 is 0 Å². The van der Waals surface area contributed by atoms with Gasteiger partial charge in [0.15, 0.2) is 14.6 Å². The Kier molecular flexibility index (Phi) is 6.97. The average Bonchev–Trinajstić information content (AvgIpc) is 3.03. The van der Waals surface area contributed by atoms with E-state index in [0.29, 0.717) is 4.80 Å². The van der Waals surface area contributed by atoms with E-state index in [1.54, 1.807) is 18.2 Å². The van der Waals surface area contributed by atoms with Crippen LogP contribution in [0.15, 0.2) is 28.1 Å². The van der Waals surface area contributed by atoms with E-state index in [1.165, 1.54) is 36.9 Å². The van der Waals surface area contributed by atoms with Gasteiger partial charge in [0, 0.05) is 12.2 Å². The number of hydrogen-bond acceptors (Lipinski definition) is 4. The minimum atomic E-state index is -3.30. The maximum Gasteiger partial charge on any atom is 0.251 e. The fraction of sp³-hybridized carbons (Fsp3) is 0.545. The van der Waals surface area contributed by atoms with E-state index in [0.717, 1.165) is 41.8 Å². The van der Waals surface area contributed by atoms with Gasteiger partial charge in [-0.3, -0.25) is 4.79 Å². The summed E-state index contributed by atoms with van der Waals surface area (Å²) in [6.07, 6.45) is 14.4. The van der Waals surface area contributed by atoms with Gasteiger partial charge in [0.25, 0.3) is 5.91 Å². The summed E-state index contributed by atoms with van der Waals surface area (Å²) >= 11 is 1.31. The Bertz CT molecular complexity index is 1100. The molecule has 1 aromatic carbocycles. The van der Waals surface area contributed by atoms with Gasteiger partial charge < -0.3 is 4.57 Å². The number of unbranched alkanes of at least 4 members (excludes halogenated alkanes) is 1. The number of sulfone groups is 1. The minimum Gasteiger partial charge on any atom is -0.305 e. The molecule has 2 aromatic rings. The van der Waals surface area contributed by atoms with E-state index in [-0.39, 0.29) is 23.3 Å². The quantitative estimate of drug-likeness (QED) is 0.644.